The topological polar surface area (TPSA) is 48.7 Å². The summed E-state index contributed by atoms with van der Waals surface area (Å²) in [6.45, 7) is 4.25. The third-order valence-corrected chi connectivity index (χ3v) is 3.65. The number of aryl methyl sites for hydroxylation is 2. The van der Waals surface area contributed by atoms with Gasteiger partial charge < -0.3 is 5.32 Å². The maximum atomic E-state index is 9.22. The molecule has 0 aliphatic carbocycles. The van der Waals surface area contributed by atoms with Gasteiger partial charge in [0, 0.05) is 16.4 Å². The lowest BCUT2D eigenvalue weighted by Gasteiger charge is -2.15. The van der Waals surface area contributed by atoms with Crippen LogP contribution in [0.15, 0.2) is 34.9 Å². The van der Waals surface area contributed by atoms with Crippen molar-refractivity contribution in [3.63, 3.8) is 0 Å². The van der Waals surface area contributed by atoms with E-state index in [2.05, 4.69) is 64.3 Å². The summed E-state index contributed by atoms with van der Waals surface area (Å²) in [5.74, 6) is 0.603. The molecule has 2 rings (SSSR count). The lowest BCUT2D eigenvalue weighted by atomic mass is 10.0. The second-order valence-corrected chi connectivity index (χ2v) is 5.36. The first kappa shape index (κ1) is 14.5. The fourth-order valence-electron chi connectivity index (χ4n) is 2.15. The lowest BCUT2D eigenvalue weighted by molar-refractivity contribution is 1.08. The molecule has 20 heavy (non-hydrogen) atoms. The van der Waals surface area contributed by atoms with Crippen LogP contribution in [0.3, 0.4) is 0 Å². The van der Waals surface area contributed by atoms with E-state index in [9.17, 15) is 5.26 Å². The van der Waals surface area contributed by atoms with Gasteiger partial charge in [0.1, 0.15) is 11.9 Å². The number of hydrogen-bond donors (Lipinski definition) is 1. The molecule has 1 aromatic carbocycles. The second-order valence-electron chi connectivity index (χ2n) is 4.44. The Hall–Kier alpha value is -1.86. The summed E-state index contributed by atoms with van der Waals surface area (Å²) in [7, 11) is 0. The highest BCUT2D eigenvalue weighted by atomic mass is 79.9. The fourth-order valence-corrected chi connectivity index (χ4v) is 2.48. The lowest BCUT2D eigenvalue weighted by Crippen LogP contribution is -2.03. The average molecular weight is 330 g/mol. The van der Waals surface area contributed by atoms with Crippen LogP contribution in [0.5, 0.6) is 0 Å². The molecule has 0 spiro atoms. The molecule has 102 valence electrons. The van der Waals surface area contributed by atoms with Gasteiger partial charge in [0.2, 0.25) is 0 Å². The van der Waals surface area contributed by atoms with Gasteiger partial charge in [-0.3, -0.25) is 0 Å². The summed E-state index contributed by atoms with van der Waals surface area (Å²) in [6.07, 6.45) is 3.58. The Labute approximate surface area is 127 Å². The van der Waals surface area contributed by atoms with Crippen molar-refractivity contribution >= 4 is 27.4 Å². The molecule has 0 amide bonds. The third kappa shape index (κ3) is 3.00. The first-order valence-electron chi connectivity index (χ1n) is 6.63. The van der Waals surface area contributed by atoms with Crippen LogP contribution < -0.4 is 5.32 Å². The Bertz CT molecular complexity index is 637. The van der Waals surface area contributed by atoms with Gasteiger partial charge in [-0.15, -0.1) is 0 Å². The van der Waals surface area contributed by atoms with Crippen LogP contribution in [0.1, 0.15) is 30.5 Å². The number of rotatable bonds is 4. The first-order valence-corrected chi connectivity index (χ1v) is 7.42. The van der Waals surface area contributed by atoms with E-state index in [1.165, 1.54) is 11.1 Å². The largest absolute Gasteiger partial charge is 0.339 e. The quantitative estimate of drug-likeness (QED) is 0.892. The fraction of sp³-hybridized carbons (Fsp3) is 0.250. The normalized spacial score (nSPS) is 10.1. The molecule has 1 aromatic heterocycles. The van der Waals surface area contributed by atoms with E-state index >= 15 is 0 Å². The van der Waals surface area contributed by atoms with E-state index in [-0.39, 0.29) is 0 Å². The van der Waals surface area contributed by atoms with Crippen LogP contribution in [0.4, 0.5) is 11.5 Å². The van der Waals surface area contributed by atoms with E-state index in [1.807, 2.05) is 0 Å². The maximum Gasteiger partial charge on any atom is 0.148 e. The summed E-state index contributed by atoms with van der Waals surface area (Å²) in [5.41, 5.74) is 4.08. The van der Waals surface area contributed by atoms with E-state index in [0.29, 0.717) is 11.4 Å². The van der Waals surface area contributed by atoms with Crippen molar-refractivity contribution in [2.45, 2.75) is 26.7 Å². The Kier molecular flexibility index (Phi) is 4.75. The van der Waals surface area contributed by atoms with Gasteiger partial charge in [-0.1, -0.05) is 32.0 Å². The zero-order valence-corrected chi connectivity index (χ0v) is 13.2. The summed E-state index contributed by atoms with van der Waals surface area (Å²) < 4.78 is 0.805. The molecular weight excluding hydrogens is 314 g/mol. The Morgan fingerprint density at radius 1 is 1.25 bits per heavy atom. The Morgan fingerprint density at radius 3 is 2.45 bits per heavy atom. The van der Waals surface area contributed by atoms with Gasteiger partial charge in [0.15, 0.2) is 0 Å². The first-order chi connectivity index (χ1) is 9.69. The van der Waals surface area contributed by atoms with Crippen molar-refractivity contribution in [2.75, 3.05) is 5.32 Å². The van der Waals surface area contributed by atoms with E-state index in [0.717, 1.165) is 23.0 Å². The number of halogens is 1. The monoisotopic (exact) mass is 329 g/mol. The van der Waals surface area contributed by atoms with E-state index in [1.54, 1.807) is 12.3 Å². The molecule has 0 fully saturated rings. The smallest absolute Gasteiger partial charge is 0.148 e. The van der Waals surface area contributed by atoms with Crippen LogP contribution in [-0.4, -0.2) is 4.98 Å². The molecule has 0 aliphatic rings. The molecule has 4 heteroatoms. The number of hydrogen-bond acceptors (Lipinski definition) is 3. The third-order valence-electron chi connectivity index (χ3n) is 3.22. The van der Waals surface area contributed by atoms with Crippen molar-refractivity contribution < 1.29 is 0 Å². The number of pyridine rings is 1. The van der Waals surface area contributed by atoms with E-state index in [4.69, 9.17) is 0 Å². The van der Waals surface area contributed by atoms with Crippen LogP contribution in [-0.2, 0) is 12.8 Å². The summed E-state index contributed by atoms with van der Waals surface area (Å²) in [4.78, 5) is 4.31. The number of nitrogens with zero attached hydrogens (tertiary/aromatic N) is 2. The molecule has 0 aliphatic heterocycles. The molecule has 1 N–H and O–H groups in total. The standard InChI is InChI=1S/C16H16BrN3/c1-3-11-6-5-7-12(4-2)15(11)20-16-13(9-18)8-14(17)10-19-16/h5-8,10H,3-4H2,1-2H3,(H,19,20). The van der Waals surface area contributed by atoms with Gasteiger partial charge >= 0.3 is 0 Å². The predicted molar refractivity (Wildman–Crippen MR) is 85.1 cm³/mol. The van der Waals surface area contributed by atoms with Crippen LogP contribution >= 0.6 is 15.9 Å². The number of benzene rings is 1. The number of nitrogens with one attached hydrogen (secondary N) is 1. The van der Waals surface area contributed by atoms with Crippen molar-refractivity contribution in [3.05, 3.63) is 51.6 Å². The van der Waals surface area contributed by atoms with Gasteiger partial charge in [-0.25, -0.2) is 4.98 Å². The highest BCUT2D eigenvalue weighted by molar-refractivity contribution is 9.10. The van der Waals surface area contributed by atoms with Gasteiger partial charge in [0.25, 0.3) is 0 Å². The van der Waals surface area contributed by atoms with Crippen LogP contribution in [0, 0.1) is 11.3 Å². The molecule has 0 bridgehead atoms. The zero-order chi connectivity index (χ0) is 14.5. The molecule has 0 saturated carbocycles. The van der Waals surface area contributed by atoms with E-state index < -0.39 is 0 Å². The molecule has 2 aromatic rings. The SMILES string of the molecule is CCc1cccc(CC)c1Nc1ncc(Br)cc1C#N. The molecule has 1 heterocycles. The number of aromatic nitrogens is 1. The number of nitriles is 1. The average Bonchev–Trinajstić information content (AvgIpc) is 2.49. The zero-order valence-electron chi connectivity index (χ0n) is 11.6. The number of anilines is 2. The molecule has 0 radical (unpaired) electrons. The predicted octanol–water partition coefficient (Wildman–Crippen LogP) is 4.58. The number of para-hydroxylation sites is 1. The van der Waals surface area contributed by atoms with Crippen molar-refractivity contribution in [3.8, 4) is 6.07 Å². The van der Waals surface area contributed by atoms with Gasteiger partial charge in [-0.05, 0) is 46.0 Å². The molecule has 3 nitrogen and oxygen atoms in total. The molecular formula is C16H16BrN3. The van der Waals surface area contributed by atoms with Crippen molar-refractivity contribution in [2.24, 2.45) is 0 Å². The van der Waals surface area contributed by atoms with Gasteiger partial charge in [-0.2, -0.15) is 5.26 Å². The molecule has 0 atom stereocenters. The summed E-state index contributed by atoms with van der Waals surface area (Å²) >= 11 is 3.34. The molecule has 0 unspecified atom stereocenters. The molecule has 0 saturated heterocycles. The summed E-state index contributed by atoms with van der Waals surface area (Å²) in [5, 5.41) is 12.6. The van der Waals surface area contributed by atoms with Crippen molar-refractivity contribution in [1.29, 1.82) is 5.26 Å². The van der Waals surface area contributed by atoms with Crippen LogP contribution in [0.25, 0.3) is 0 Å². The summed E-state index contributed by atoms with van der Waals surface area (Å²) in [6, 6.07) is 10.2. The minimum absolute atomic E-state index is 0.535. The van der Waals surface area contributed by atoms with Gasteiger partial charge in [0.05, 0.1) is 5.56 Å². The second kappa shape index (κ2) is 6.53. The minimum atomic E-state index is 0.535. The maximum absolute atomic E-state index is 9.22. The minimum Gasteiger partial charge on any atom is -0.339 e. The van der Waals surface area contributed by atoms with Crippen LogP contribution in [0.2, 0.25) is 0 Å². The Morgan fingerprint density at radius 2 is 1.90 bits per heavy atom. The Balaban J connectivity index is 2.47. The highest BCUT2D eigenvalue weighted by Gasteiger charge is 2.10. The van der Waals surface area contributed by atoms with Crippen molar-refractivity contribution in [1.82, 2.24) is 4.98 Å². The highest BCUT2D eigenvalue weighted by Crippen LogP contribution is 2.28.